The molecule has 2 aromatic carbocycles. The Balaban J connectivity index is 1.96. The standard InChI is InChI=1S/C19H15N3O2/c1-11-7-8-16-13(9-11)14(18(23)21-16)10-17-20-15-6-4-3-5-12(15)19(24)22(17)2/h3-10H,1-2H3,(H,21,23). The largest absolute Gasteiger partial charge is 0.321 e. The monoisotopic (exact) mass is 317 g/mol. The number of rotatable bonds is 1. The van der Waals surface area contributed by atoms with E-state index in [1.54, 1.807) is 25.3 Å². The van der Waals surface area contributed by atoms with Gasteiger partial charge in [-0.15, -0.1) is 0 Å². The lowest BCUT2D eigenvalue weighted by Gasteiger charge is -2.07. The van der Waals surface area contributed by atoms with Crippen LogP contribution in [0.3, 0.4) is 0 Å². The van der Waals surface area contributed by atoms with Crippen molar-refractivity contribution in [3.05, 3.63) is 69.8 Å². The van der Waals surface area contributed by atoms with E-state index in [9.17, 15) is 9.59 Å². The summed E-state index contributed by atoms with van der Waals surface area (Å²) in [5.74, 6) is 0.274. The SMILES string of the molecule is Cc1ccc2c(c1)C(=Cc1nc3ccccc3c(=O)n1C)C(=O)N2. The van der Waals surface area contributed by atoms with Gasteiger partial charge in [-0.25, -0.2) is 4.98 Å². The van der Waals surface area contributed by atoms with Gasteiger partial charge in [0.15, 0.2) is 0 Å². The van der Waals surface area contributed by atoms with Gasteiger partial charge in [0.1, 0.15) is 5.82 Å². The molecule has 0 fully saturated rings. The van der Waals surface area contributed by atoms with Crippen molar-refractivity contribution in [1.82, 2.24) is 9.55 Å². The van der Waals surface area contributed by atoms with E-state index in [1.807, 2.05) is 37.3 Å². The summed E-state index contributed by atoms with van der Waals surface area (Å²) in [5, 5.41) is 3.41. The number of hydrogen-bond donors (Lipinski definition) is 1. The molecule has 0 radical (unpaired) electrons. The van der Waals surface area contributed by atoms with Gasteiger partial charge in [-0.05, 0) is 37.3 Å². The fourth-order valence-corrected chi connectivity index (χ4v) is 2.94. The summed E-state index contributed by atoms with van der Waals surface area (Å²) < 4.78 is 1.47. The molecule has 4 rings (SSSR count). The van der Waals surface area contributed by atoms with Crippen molar-refractivity contribution in [2.75, 3.05) is 5.32 Å². The number of carbonyl (C=O) groups is 1. The number of hydrogen-bond acceptors (Lipinski definition) is 3. The van der Waals surface area contributed by atoms with Gasteiger partial charge in [-0.2, -0.15) is 0 Å². The molecule has 118 valence electrons. The lowest BCUT2D eigenvalue weighted by atomic mass is 10.0. The number of nitrogens with zero attached hydrogens (tertiary/aromatic N) is 2. The Kier molecular flexibility index (Phi) is 3.09. The summed E-state index contributed by atoms with van der Waals surface area (Å²) in [6.07, 6.45) is 1.68. The summed E-state index contributed by atoms with van der Waals surface area (Å²) in [6, 6.07) is 13.0. The third-order valence-electron chi connectivity index (χ3n) is 4.25. The lowest BCUT2D eigenvalue weighted by molar-refractivity contribution is -0.110. The fourth-order valence-electron chi connectivity index (χ4n) is 2.94. The predicted molar refractivity (Wildman–Crippen MR) is 94.7 cm³/mol. The van der Waals surface area contributed by atoms with Crippen LogP contribution in [0.1, 0.15) is 17.0 Å². The molecule has 1 aliphatic heterocycles. The zero-order chi connectivity index (χ0) is 16.8. The number of amides is 1. The van der Waals surface area contributed by atoms with Gasteiger partial charge in [0, 0.05) is 18.3 Å². The minimum absolute atomic E-state index is 0.129. The number of anilines is 1. The lowest BCUT2D eigenvalue weighted by Crippen LogP contribution is -2.20. The van der Waals surface area contributed by atoms with Crippen molar-refractivity contribution in [2.24, 2.45) is 7.05 Å². The Morgan fingerprint density at radius 2 is 1.92 bits per heavy atom. The van der Waals surface area contributed by atoms with E-state index in [0.717, 1.165) is 16.8 Å². The number of aromatic nitrogens is 2. The second kappa shape index (κ2) is 5.16. The highest BCUT2D eigenvalue weighted by Crippen LogP contribution is 2.33. The Morgan fingerprint density at radius 3 is 2.75 bits per heavy atom. The zero-order valence-electron chi connectivity index (χ0n) is 13.3. The highest BCUT2D eigenvalue weighted by atomic mass is 16.2. The number of nitrogens with one attached hydrogen (secondary N) is 1. The van der Waals surface area contributed by atoms with Crippen LogP contribution in [0.4, 0.5) is 5.69 Å². The summed E-state index contributed by atoms with van der Waals surface area (Å²) in [7, 11) is 1.66. The molecule has 3 aromatic rings. The van der Waals surface area contributed by atoms with Crippen LogP contribution in [0.2, 0.25) is 0 Å². The number of carbonyl (C=O) groups excluding carboxylic acids is 1. The van der Waals surface area contributed by atoms with Gasteiger partial charge in [0.25, 0.3) is 11.5 Å². The third-order valence-corrected chi connectivity index (χ3v) is 4.25. The van der Waals surface area contributed by atoms with E-state index in [0.29, 0.717) is 22.3 Å². The van der Waals surface area contributed by atoms with Crippen LogP contribution in [0.15, 0.2) is 47.3 Å². The van der Waals surface area contributed by atoms with Crippen molar-refractivity contribution in [2.45, 2.75) is 6.92 Å². The Labute approximate surface area is 138 Å². The van der Waals surface area contributed by atoms with Gasteiger partial charge in [-0.1, -0.05) is 23.8 Å². The van der Waals surface area contributed by atoms with Gasteiger partial charge in [0.05, 0.1) is 16.5 Å². The normalized spacial score (nSPS) is 14.9. The summed E-state index contributed by atoms with van der Waals surface area (Å²) in [4.78, 5) is 29.3. The van der Waals surface area contributed by atoms with Crippen molar-refractivity contribution in [3.63, 3.8) is 0 Å². The molecule has 2 heterocycles. The first-order valence-corrected chi connectivity index (χ1v) is 7.64. The number of aryl methyl sites for hydroxylation is 1. The average Bonchev–Trinajstić information content (AvgIpc) is 2.88. The Hall–Kier alpha value is -3.21. The molecular formula is C19H15N3O2. The molecule has 5 nitrogen and oxygen atoms in total. The quantitative estimate of drug-likeness (QED) is 0.702. The molecule has 0 saturated heterocycles. The molecular weight excluding hydrogens is 302 g/mol. The zero-order valence-corrected chi connectivity index (χ0v) is 13.3. The Bertz CT molecular complexity index is 1090. The van der Waals surface area contributed by atoms with Crippen LogP contribution in [0, 0.1) is 6.92 Å². The van der Waals surface area contributed by atoms with Gasteiger partial charge < -0.3 is 5.32 Å². The van der Waals surface area contributed by atoms with E-state index in [1.165, 1.54) is 4.57 Å². The van der Waals surface area contributed by atoms with Crippen LogP contribution in [-0.2, 0) is 11.8 Å². The van der Waals surface area contributed by atoms with E-state index < -0.39 is 0 Å². The van der Waals surface area contributed by atoms with Crippen LogP contribution < -0.4 is 10.9 Å². The highest BCUT2D eigenvalue weighted by Gasteiger charge is 2.24. The summed E-state index contributed by atoms with van der Waals surface area (Å²) >= 11 is 0. The van der Waals surface area contributed by atoms with Crippen LogP contribution in [0.5, 0.6) is 0 Å². The minimum Gasteiger partial charge on any atom is -0.321 e. The number of para-hydroxylation sites is 1. The van der Waals surface area contributed by atoms with Crippen molar-refractivity contribution >= 4 is 34.1 Å². The molecule has 0 saturated carbocycles. The molecule has 0 aliphatic carbocycles. The van der Waals surface area contributed by atoms with Crippen molar-refractivity contribution in [1.29, 1.82) is 0 Å². The topological polar surface area (TPSA) is 64.0 Å². The van der Waals surface area contributed by atoms with Gasteiger partial charge in [-0.3, -0.25) is 14.2 Å². The first kappa shape index (κ1) is 14.4. The average molecular weight is 317 g/mol. The maximum absolute atomic E-state index is 12.5. The molecule has 5 heteroatoms. The van der Waals surface area contributed by atoms with Gasteiger partial charge in [0.2, 0.25) is 0 Å². The van der Waals surface area contributed by atoms with Crippen molar-refractivity contribution in [3.8, 4) is 0 Å². The van der Waals surface area contributed by atoms with Crippen LogP contribution in [0.25, 0.3) is 22.6 Å². The molecule has 1 aliphatic rings. The summed E-state index contributed by atoms with van der Waals surface area (Å²) in [6.45, 7) is 1.98. The molecule has 0 unspecified atom stereocenters. The molecule has 0 spiro atoms. The molecule has 1 amide bonds. The molecule has 1 aromatic heterocycles. The first-order valence-electron chi connectivity index (χ1n) is 7.64. The van der Waals surface area contributed by atoms with Crippen LogP contribution in [-0.4, -0.2) is 15.5 Å². The van der Waals surface area contributed by atoms with E-state index in [4.69, 9.17) is 0 Å². The highest BCUT2D eigenvalue weighted by molar-refractivity contribution is 6.34. The maximum Gasteiger partial charge on any atom is 0.261 e. The van der Waals surface area contributed by atoms with Gasteiger partial charge >= 0.3 is 0 Å². The maximum atomic E-state index is 12.5. The molecule has 1 N–H and O–H groups in total. The smallest absolute Gasteiger partial charge is 0.261 e. The van der Waals surface area contributed by atoms with Crippen LogP contribution >= 0.6 is 0 Å². The molecule has 24 heavy (non-hydrogen) atoms. The van der Waals surface area contributed by atoms with E-state index >= 15 is 0 Å². The van der Waals surface area contributed by atoms with E-state index in [2.05, 4.69) is 10.3 Å². The van der Waals surface area contributed by atoms with E-state index in [-0.39, 0.29) is 11.5 Å². The minimum atomic E-state index is -0.182. The number of benzene rings is 2. The second-order valence-electron chi connectivity index (χ2n) is 5.91. The molecule has 0 bridgehead atoms. The summed E-state index contributed by atoms with van der Waals surface area (Å²) in [5.41, 5.74) is 3.69. The fraction of sp³-hybridized carbons (Fsp3) is 0.105. The number of fused-ring (bicyclic) bond motifs is 2. The van der Waals surface area contributed by atoms with Crippen molar-refractivity contribution < 1.29 is 4.79 Å². The molecule has 0 atom stereocenters. The predicted octanol–water partition coefficient (Wildman–Crippen LogP) is 2.73. The Morgan fingerprint density at radius 1 is 1.12 bits per heavy atom. The first-order chi connectivity index (χ1) is 11.5. The second-order valence-corrected chi connectivity index (χ2v) is 5.91. The third kappa shape index (κ3) is 2.13.